The van der Waals surface area contributed by atoms with E-state index in [9.17, 15) is 18.8 Å². The minimum atomic E-state index is -0.593. The molecular weight excluding hydrogens is 433 g/mol. The summed E-state index contributed by atoms with van der Waals surface area (Å²) in [6.45, 7) is 1.88. The highest BCUT2D eigenvalue weighted by molar-refractivity contribution is 6.04. The van der Waals surface area contributed by atoms with Gasteiger partial charge in [-0.1, -0.05) is 35.9 Å². The van der Waals surface area contributed by atoms with Gasteiger partial charge in [0.1, 0.15) is 11.4 Å². The molecule has 7 heteroatoms. The van der Waals surface area contributed by atoms with Crippen LogP contribution in [0.15, 0.2) is 95.9 Å². The van der Waals surface area contributed by atoms with Gasteiger partial charge in [0.05, 0.1) is 0 Å². The summed E-state index contributed by atoms with van der Waals surface area (Å²) in [5.74, 6) is -1.25. The van der Waals surface area contributed by atoms with Gasteiger partial charge >= 0.3 is 0 Å². The van der Waals surface area contributed by atoms with Crippen LogP contribution in [0.1, 0.15) is 31.8 Å². The molecule has 0 radical (unpaired) electrons. The minimum Gasteiger partial charge on any atom is -0.348 e. The van der Waals surface area contributed by atoms with Crippen LogP contribution >= 0.6 is 0 Å². The summed E-state index contributed by atoms with van der Waals surface area (Å²) in [5.41, 5.74) is 2.40. The smallest absolute Gasteiger partial charge is 0.267 e. The highest BCUT2D eigenvalue weighted by Crippen LogP contribution is 2.14. The van der Waals surface area contributed by atoms with Crippen molar-refractivity contribution in [2.75, 3.05) is 5.32 Å². The molecule has 0 unspecified atom stereocenters. The monoisotopic (exact) mass is 455 g/mol. The van der Waals surface area contributed by atoms with E-state index in [1.807, 2.05) is 19.1 Å². The second-order valence-electron chi connectivity index (χ2n) is 7.74. The van der Waals surface area contributed by atoms with Crippen LogP contribution in [0.4, 0.5) is 10.1 Å². The number of nitrogens with one attached hydrogen (secondary N) is 2. The topological polar surface area (TPSA) is 80.2 Å². The van der Waals surface area contributed by atoms with E-state index in [0.29, 0.717) is 22.5 Å². The molecule has 0 spiro atoms. The van der Waals surface area contributed by atoms with Gasteiger partial charge in [-0.2, -0.15) is 0 Å². The second-order valence-corrected chi connectivity index (χ2v) is 7.74. The number of aromatic nitrogens is 1. The average molecular weight is 455 g/mol. The van der Waals surface area contributed by atoms with Crippen molar-refractivity contribution in [3.05, 3.63) is 130 Å². The SMILES string of the molecule is Cc1cccc(C(=O)Nc2ccc(-n3cccc(C(=O)NCc4ccccc4F)c3=O)cc2)c1. The first kappa shape index (κ1) is 22.7. The third-order valence-corrected chi connectivity index (χ3v) is 5.27. The number of pyridine rings is 1. The number of carbonyl (C=O) groups excluding carboxylic acids is 2. The van der Waals surface area contributed by atoms with Crippen molar-refractivity contribution < 1.29 is 14.0 Å². The third kappa shape index (κ3) is 5.10. The van der Waals surface area contributed by atoms with E-state index in [0.717, 1.165) is 5.56 Å². The van der Waals surface area contributed by atoms with Crippen molar-refractivity contribution >= 4 is 17.5 Å². The highest BCUT2D eigenvalue weighted by Gasteiger charge is 2.14. The predicted molar refractivity (Wildman–Crippen MR) is 129 cm³/mol. The van der Waals surface area contributed by atoms with Crippen LogP contribution in [0.3, 0.4) is 0 Å². The first-order chi connectivity index (χ1) is 16.4. The molecule has 2 N–H and O–H groups in total. The summed E-state index contributed by atoms with van der Waals surface area (Å²) in [7, 11) is 0. The number of amides is 2. The van der Waals surface area contributed by atoms with Crippen molar-refractivity contribution in [1.29, 1.82) is 0 Å². The number of anilines is 1. The van der Waals surface area contributed by atoms with Gasteiger partial charge in [-0.3, -0.25) is 19.0 Å². The normalized spacial score (nSPS) is 10.5. The maximum absolute atomic E-state index is 13.8. The van der Waals surface area contributed by atoms with Crippen molar-refractivity contribution in [2.24, 2.45) is 0 Å². The lowest BCUT2D eigenvalue weighted by Crippen LogP contribution is -2.32. The molecule has 1 aromatic heterocycles. The molecule has 0 bridgehead atoms. The number of rotatable bonds is 6. The van der Waals surface area contributed by atoms with Gasteiger partial charge in [0.25, 0.3) is 17.4 Å². The summed E-state index contributed by atoms with van der Waals surface area (Å²) >= 11 is 0. The Bertz CT molecular complexity index is 1410. The number of carbonyl (C=O) groups is 2. The van der Waals surface area contributed by atoms with Crippen molar-refractivity contribution in [3.8, 4) is 5.69 Å². The predicted octanol–water partition coefficient (Wildman–Crippen LogP) is 4.47. The molecule has 0 fully saturated rings. The van der Waals surface area contributed by atoms with E-state index < -0.39 is 17.3 Å². The second kappa shape index (κ2) is 9.95. The number of halogens is 1. The molecule has 0 aliphatic carbocycles. The van der Waals surface area contributed by atoms with Crippen LogP contribution in [0.2, 0.25) is 0 Å². The lowest BCUT2D eigenvalue weighted by molar-refractivity contribution is 0.0948. The Kier molecular flexibility index (Phi) is 6.64. The fraction of sp³-hybridized carbons (Fsp3) is 0.0741. The van der Waals surface area contributed by atoms with E-state index >= 15 is 0 Å². The zero-order valence-corrected chi connectivity index (χ0v) is 18.4. The zero-order chi connectivity index (χ0) is 24.1. The number of hydrogen-bond donors (Lipinski definition) is 2. The summed E-state index contributed by atoms with van der Waals surface area (Å²) < 4.78 is 15.1. The molecule has 0 aliphatic rings. The van der Waals surface area contributed by atoms with E-state index in [1.54, 1.807) is 66.9 Å². The lowest BCUT2D eigenvalue weighted by atomic mass is 10.1. The molecule has 170 valence electrons. The Hall–Kier alpha value is -4.52. The van der Waals surface area contributed by atoms with Crippen LogP contribution in [0.25, 0.3) is 5.69 Å². The van der Waals surface area contributed by atoms with Gasteiger partial charge in [0.2, 0.25) is 0 Å². The van der Waals surface area contributed by atoms with Crippen LogP contribution in [-0.4, -0.2) is 16.4 Å². The van der Waals surface area contributed by atoms with Gasteiger partial charge < -0.3 is 10.6 Å². The van der Waals surface area contributed by atoms with Crippen LogP contribution in [0.5, 0.6) is 0 Å². The van der Waals surface area contributed by atoms with Crippen molar-refractivity contribution in [1.82, 2.24) is 9.88 Å². The van der Waals surface area contributed by atoms with Crippen LogP contribution in [-0.2, 0) is 6.54 Å². The van der Waals surface area contributed by atoms with Gasteiger partial charge in [0, 0.05) is 35.2 Å². The Morgan fingerprint density at radius 2 is 1.65 bits per heavy atom. The van der Waals surface area contributed by atoms with Gasteiger partial charge in [0.15, 0.2) is 0 Å². The van der Waals surface area contributed by atoms with Crippen molar-refractivity contribution in [3.63, 3.8) is 0 Å². The number of aryl methyl sites for hydroxylation is 1. The summed E-state index contributed by atoms with van der Waals surface area (Å²) in [5, 5.41) is 5.41. The number of benzene rings is 3. The van der Waals surface area contributed by atoms with Gasteiger partial charge in [-0.05, 0) is 61.5 Å². The average Bonchev–Trinajstić information content (AvgIpc) is 2.84. The van der Waals surface area contributed by atoms with Gasteiger partial charge in [-0.15, -0.1) is 0 Å². The summed E-state index contributed by atoms with van der Waals surface area (Å²) in [4.78, 5) is 37.9. The first-order valence-electron chi connectivity index (χ1n) is 10.6. The van der Waals surface area contributed by atoms with Crippen LogP contribution < -0.4 is 16.2 Å². The largest absolute Gasteiger partial charge is 0.348 e. The molecule has 0 atom stereocenters. The number of nitrogens with zero attached hydrogens (tertiary/aromatic N) is 1. The standard InChI is InChI=1S/C27H22FN3O3/c1-18-6-4-8-19(16-18)25(32)30-21-11-13-22(14-12-21)31-15-5-9-23(27(31)34)26(33)29-17-20-7-2-3-10-24(20)28/h2-16H,17H2,1H3,(H,29,33)(H,30,32). The molecule has 3 aromatic carbocycles. The fourth-order valence-electron chi connectivity index (χ4n) is 3.48. The molecule has 0 saturated carbocycles. The number of hydrogen-bond acceptors (Lipinski definition) is 3. The van der Waals surface area contributed by atoms with Crippen LogP contribution in [0, 0.1) is 12.7 Å². The van der Waals surface area contributed by atoms with Crippen molar-refractivity contribution in [2.45, 2.75) is 13.5 Å². The minimum absolute atomic E-state index is 0.0326. The molecule has 1 heterocycles. The lowest BCUT2D eigenvalue weighted by Gasteiger charge is -2.11. The quantitative estimate of drug-likeness (QED) is 0.450. The zero-order valence-electron chi connectivity index (χ0n) is 18.4. The Morgan fingerprint density at radius 1 is 0.882 bits per heavy atom. The molecule has 34 heavy (non-hydrogen) atoms. The summed E-state index contributed by atoms with van der Waals surface area (Å²) in [6.07, 6.45) is 1.55. The maximum Gasteiger partial charge on any atom is 0.267 e. The highest BCUT2D eigenvalue weighted by atomic mass is 19.1. The third-order valence-electron chi connectivity index (χ3n) is 5.27. The maximum atomic E-state index is 13.8. The Morgan fingerprint density at radius 3 is 2.38 bits per heavy atom. The van der Waals surface area contributed by atoms with E-state index in [-0.39, 0.29) is 18.0 Å². The fourth-order valence-corrected chi connectivity index (χ4v) is 3.48. The van der Waals surface area contributed by atoms with E-state index in [4.69, 9.17) is 0 Å². The van der Waals surface area contributed by atoms with E-state index in [1.165, 1.54) is 16.7 Å². The molecule has 6 nitrogen and oxygen atoms in total. The Balaban J connectivity index is 1.48. The molecular formula is C27H22FN3O3. The molecule has 2 amide bonds. The Labute approximate surface area is 195 Å². The molecule has 0 aliphatic heterocycles. The first-order valence-corrected chi connectivity index (χ1v) is 10.6. The van der Waals surface area contributed by atoms with E-state index in [2.05, 4.69) is 10.6 Å². The van der Waals surface area contributed by atoms with Gasteiger partial charge in [-0.25, -0.2) is 4.39 Å². The summed E-state index contributed by atoms with van der Waals surface area (Å²) in [6, 6.07) is 23.1. The molecule has 0 saturated heterocycles. The molecule has 4 rings (SSSR count). The molecule has 4 aromatic rings.